The first-order chi connectivity index (χ1) is 7.70. The van der Waals surface area contributed by atoms with Gasteiger partial charge in [-0.05, 0) is 36.1 Å². The van der Waals surface area contributed by atoms with Gasteiger partial charge in [-0.3, -0.25) is 0 Å². The molecule has 0 saturated heterocycles. The highest BCUT2D eigenvalue weighted by Crippen LogP contribution is 2.21. The van der Waals surface area contributed by atoms with Gasteiger partial charge in [0.15, 0.2) is 0 Å². The van der Waals surface area contributed by atoms with Gasteiger partial charge in [0.1, 0.15) is 0 Å². The first-order valence-electron chi connectivity index (χ1n) is 5.39. The van der Waals surface area contributed by atoms with Gasteiger partial charge < -0.3 is 0 Å². The van der Waals surface area contributed by atoms with E-state index in [1.54, 1.807) is 12.2 Å². The number of hydrogen-bond acceptors (Lipinski definition) is 0. The molecule has 1 rings (SSSR count). The Morgan fingerprint density at radius 3 is 1.50 bits per heavy atom. The van der Waals surface area contributed by atoms with Gasteiger partial charge in [0.2, 0.25) is 0 Å². The summed E-state index contributed by atoms with van der Waals surface area (Å²) < 4.78 is 0. The van der Waals surface area contributed by atoms with Gasteiger partial charge in [-0.2, -0.15) is 0 Å². The average molecular weight is 210 g/mol. The second-order valence-electron chi connectivity index (χ2n) is 3.72. The number of aryl methyl sites for hydroxylation is 2. The van der Waals surface area contributed by atoms with Gasteiger partial charge in [-0.1, -0.05) is 61.7 Å². The lowest BCUT2D eigenvalue weighted by Gasteiger charge is -2.09. The van der Waals surface area contributed by atoms with E-state index in [1.807, 2.05) is 12.2 Å². The van der Waals surface area contributed by atoms with Crippen molar-refractivity contribution in [2.45, 2.75) is 13.8 Å². The molecular formula is C16H18. The van der Waals surface area contributed by atoms with E-state index in [-0.39, 0.29) is 0 Å². The summed E-state index contributed by atoms with van der Waals surface area (Å²) in [6, 6.07) is 4.28. The van der Waals surface area contributed by atoms with E-state index < -0.39 is 0 Å². The topological polar surface area (TPSA) is 0 Å². The smallest absolute Gasteiger partial charge is 0.0152 e. The second kappa shape index (κ2) is 5.92. The van der Waals surface area contributed by atoms with E-state index in [2.05, 4.69) is 51.3 Å². The molecule has 0 aliphatic heterocycles. The molecule has 82 valence electrons. The van der Waals surface area contributed by atoms with Crippen molar-refractivity contribution in [3.63, 3.8) is 0 Å². The van der Waals surface area contributed by atoms with Gasteiger partial charge in [0.25, 0.3) is 0 Å². The van der Waals surface area contributed by atoms with Crippen LogP contribution in [0, 0.1) is 13.8 Å². The average Bonchev–Trinajstić information content (AvgIpc) is 2.29. The van der Waals surface area contributed by atoms with Gasteiger partial charge in [-0.25, -0.2) is 0 Å². The highest BCUT2D eigenvalue weighted by molar-refractivity contribution is 5.71. The van der Waals surface area contributed by atoms with Crippen LogP contribution in [0.1, 0.15) is 22.3 Å². The molecule has 0 spiro atoms. The number of rotatable bonds is 4. The van der Waals surface area contributed by atoms with E-state index in [9.17, 15) is 0 Å². The molecule has 1 aromatic rings. The number of benzene rings is 1. The summed E-state index contributed by atoms with van der Waals surface area (Å²) in [6.45, 7) is 11.6. The Kier molecular flexibility index (Phi) is 4.53. The third-order valence-corrected chi connectivity index (χ3v) is 2.52. The largest absolute Gasteiger partial charge is 0.0991 e. The lowest BCUT2D eigenvalue weighted by Crippen LogP contribution is -1.90. The monoisotopic (exact) mass is 210 g/mol. The Bertz CT molecular complexity index is 402. The third-order valence-electron chi connectivity index (χ3n) is 2.52. The van der Waals surface area contributed by atoms with E-state index >= 15 is 0 Å². The van der Waals surface area contributed by atoms with Gasteiger partial charge >= 0.3 is 0 Å². The first-order valence-corrected chi connectivity index (χ1v) is 5.39. The van der Waals surface area contributed by atoms with Gasteiger partial charge in [0.05, 0.1) is 0 Å². The fourth-order valence-electron chi connectivity index (χ4n) is 1.63. The van der Waals surface area contributed by atoms with Crippen molar-refractivity contribution < 1.29 is 0 Å². The highest BCUT2D eigenvalue weighted by Gasteiger charge is 2.02. The molecule has 0 unspecified atom stereocenters. The lowest BCUT2D eigenvalue weighted by atomic mass is 9.96. The Labute approximate surface area is 98.3 Å². The molecule has 0 amide bonds. The number of allylic oxidation sites excluding steroid dienone is 4. The zero-order chi connectivity index (χ0) is 12.0. The minimum Gasteiger partial charge on any atom is -0.0991 e. The van der Waals surface area contributed by atoms with Crippen LogP contribution in [0.4, 0.5) is 0 Å². The maximum atomic E-state index is 3.70. The van der Waals surface area contributed by atoms with Crippen LogP contribution in [-0.4, -0.2) is 0 Å². The summed E-state index contributed by atoms with van der Waals surface area (Å²) in [5.41, 5.74) is 5.04. The Morgan fingerprint density at radius 2 is 1.19 bits per heavy atom. The van der Waals surface area contributed by atoms with E-state index in [1.165, 1.54) is 22.3 Å². The molecular weight excluding hydrogens is 192 g/mol. The predicted octanol–water partition coefficient (Wildman–Crippen LogP) is 4.70. The maximum Gasteiger partial charge on any atom is -0.0152 e. The quantitative estimate of drug-likeness (QED) is 0.632. The summed E-state index contributed by atoms with van der Waals surface area (Å²) in [6.07, 6.45) is 11.7. The molecule has 0 heterocycles. The van der Waals surface area contributed by atoms with Crippen molar-refractivity contribution >= 4 is 12.2 Å². The van der Waals surface area contributed by atoms with Crippen LogP contribution in [-0.2, 0) is 0 Å². The second-order valence-corrected chi connectivity index (χ2v) is 3.72. The molecule has 0 bridgehead atoms. The van der Waals surface area contributed by atoms with Crippen molar-refractivity contribution in [2.75, 3.05) is 0 Å². The molecule has 0 radical (unpaired) electrons. The first kappa shape index (κ1) is 12.3. The lowest BCUT2D eigenvalue weighted by molar-refractivity contribution is 1.35. The molecule has 1 aromatic carbocycles. The van der Waals surface area contributed by atoms with Crippen molar-refractivity contribution in [3.8, 4) is 0 Å². The standard InChI is InChI=1S/C16H18/c1-5-7-9-15-13(3)11-12-14(4)16(15)10-8-6-2/h5-12H,1-2H2,3-4H3/b9-7-,10-8-. The fraction of sp³-hybridized carbons (Fsp3) is 0.125. The minimum absolute atomic E-state index is 1.25. The van der Waals surface area contributed by atoms with Crippen molar-refractivity contribution in [3.05, 3.63) is 71.8 Å². The maximum absolute atomic E-state index is 3.70. The fourth-order valence-corrected chi connectivity index (χ4v) is 1.63. The molecule has 0 atom stereocenters. The summed E-state index contributed by atoms with van der Waals surface area (Å²) in [5.74, 6) is 0. The van der Waals surface area contributed by atoms with Crippen LogP contribution in [0.3, 0.4) is 0 Å². The summed E-state index contributed by atoms with van der Waals surface area (Å²) in [5, 5.41) is 0. The zero-order valence-electron chi connectivity index (χ0n) is 10.0. The highest BCUT2D eigenvalue weighted by atomic mass is 14.1. The van der Waals surface area contributed by atoms with Crippen LogP contribution in [0.5, 0.6) is 0 Å². The Hall–Kier alpha value is -1.82. The van der Waals surface area contributed by atoms with Gasteiger partial charge in [-0.15, -0.1) is 0 Å². The van der Waals surface area contributed by atoms with Gasteiger partial charge in [0, 0.05) is 0 Å². The van der Waals surface area contributed by atoms with Crippen LogP contribution in [0.15, 0.2) is 49.6 Å². The summed E-state index contributed by atoms with van der Waals surface area (Å²) >= 11 is 0. The summed E-state index contributed by atoms with van der Waals surface area (Å²) in [7, 11) is 0. The van der Waals surface area contributed by atoms with E-state index in [0.717, 1.165) is 0 Å². The zero-order valence-corrected chi connectivity index (χ0v) is 10.0. The molecule has 0 aliphatic carbocycles. The molecule has 0 heteroatoms. The third kappa shape index (κ3) is 2.83. The van der Waals surface area contributed by atoms with Crippen LogP contribution >= 0.6 is 0 Å². The minimum atomic E-state index is 1.25. The van der Waals surface area contributed by atoms with Crippen LogP contribution in [0.25, 0.3) is 12.2 Å². The molecule has 16 heavy (non-hydrogen) atoms. The summed E-state index contributed by atoms with van der Waals surface area (Å²) in [4.78, 5) is 0. The normalized spacial score (nSPS) is 11.1. The van der Waals surface area contributed by atoms with E-state index in [4.69, 9.17) is 0 Å². The molecule has 0 saturated carbocycles. The molecule has 0 aliphatic rings. The van der Waals surface area contributed by atoms with Crippen LogP contribution < -0.4 is 0 Å². The molecule has 0 N–H and O–H groups in total. The predicted molar refractivity (Wildman–Crippen MR) is 74.4 cm³/mol. The van der Waals surface area contributed by atoms with E-state index in [0.29, 0.717) is 0 Å². The van der Waals surface area contributed by atoms with Crippen molar-refractivity contribution in [2.24, 2.45) is 0 Å². The van der Waals surface area contributed by atoms with Crippen LogP contribution in [0.2, 0.25) is 0 Å². The molecule has 0 aromatic heterocycles. The Balaban J connectivity index is 3.35. The van der Waals surface area contributed by atoms with Crippen molar-refractivity contribution in [1.29, 1.82) is 0 Å². The molecule has 0 fully saturated rings. The molecule has 0 nitrogen and oxygen atoms in total. The Morgan fingerprint density at radius 1 is 0.812 bits per heavy atom. The number of hydrogen-bond donors (Lipinski definition) is 0. The van der Waals surface area contributed by atoms with Crippen molar-refractivity contribution in [1.82, 2.24) is 0 Å². The SMILES string of the molecule is C=C/C=C\c1c(C)ccc(C)c1/C=C\C=C.